The van der Waals surface area contributed by atoms with Gasteiger partial charge in [0.05, 0.1) is 6.42 Å². The fourth-order valence-electron chi connectivity index (χ4n) is 3.62. The summed E-state index contributed by atoms with van der Waals surface area (Å²) in [4.78, 5) is 31.3. The van der Waals surface area contributed by atoms with Crippen LogP contribution in [0.4, 0.5) is 5.69 Å². The van der Waals surface area contributed by atoms with Crippen LogP contribution in [0.3, 0.4) is 0 Å². The molecule has 0 saturated carbocycles. The number of rotatable bonds is 4. The van der Waals surface area contributed by atoms with Gasteiger partial charge < -0.3 is 20.5 Å². The highest BCUT2D eigenvalue weighted by Gasteiger charge is 2.22. The summed E-state index contributed by atoms with van der Waals surface area (Å²) in [6.07, 6.45) is 2.24. The zero-order valence-electron chi connectivity index (χ0n) is 15.3. The summed E-state index contributed by atoms with van der Waals surface area (Å²) < 4.78 is 0. The fraction of sp³-hybridized carbons (Fsp3) is 0.238. The van der Waals surface area contributed by atoms with E-state index in [0.29, 0.717) is 30.1 Å². The number of primary amides is 1. The molecule has 28 heavy (non-hydrogen) atoms. The Hall–Kier alpha value is -2.99. The molecule has 0 radical (unpaired) electrons. The monoisotopic (exact) mass is 396 g/mol. The molecule has 7 heteroatoms. The van der Waals surface area contributed by atoms with Crippen LogP contribution in [0, 0.1) is 0 Å². The van der Waals surface area contributed by atoms with E-state index < -0.39 is 5.91 Å². The van der Waals surface area contributed by atoms with Gasteiger partial charge in [-0.25, -0.2) is 0 Å². The number of amides is 2. The minimum absolute atomic E-state index is 0.115. The number of hydrogen-bond donors (Lipinski definition) is 2. The van der Waals surface area contributed by atoms with E-state index in [1.165, 1.54) is 0 Å². The van der Waals surface area contributed by atoms with Gasteiger partial charge >= 0.3 is 0 Å². The van der Waals surface area contributed by atoms with E-state index in [-0.39, 0.29) is 5.91 Å². The molecule has 1 aliphatic rings. The number of nitrogens with one attached hydrogen (secondary N) is 1. The van der Waals surface area contributed by atoms with Gasteiger partial charge in [-0.05, 0) is 48.0 Å². The van der Waals surface area contributed by atoms with Crippen LogP contribution >= 0.6 is 11.6 Å². The van der Waals surface area contributed by atoms with Gasteiger partial charge in [0.1, 0.15) is 0 Å². The summed E-state index contributed by atoms with van der Waals surface area (Å²) in [5.74, 6) is -0.315. The zero-order valence-corrected chi connectivity index (χ0v) is 16.1. The summed E-state index contributed by atoms with van der Waals surface area (Å²) in [5.41, 5.74) is 8.76. The molecule has 0 atom stereocenters. The predicted molar refractivity (Wildman–Crippen MR) is 111 cm³/mol. The quantitative estimate of drug-likeness (QED) is 0.711. The van der Waals surface area contributed by atoms with Gasteiger partial charge in [0.2, 0.25) is 11.8 Å². The highest BCUT2D eigenvalue weighted by molar-refractivity contribution is 6.31. The standard InChI is InChI=1S/C21H21ClN4O2/c22-16-3-6-19-18(12-16)15(13-24-19)11-20(27)26-9-7-25(8-10-26)17-4-1-14(2-5-17)21(23)28/h1-6,12-13,24H,7-11H2,(H2,23,28). The second-order valence-electron chi connectivity index (χ2n) is 6.96. The Balaban J connectivity index is 1.38. The van der Waals surface area contributed by atoms with Crippen LogP contribution < -0.4 is 10.6 Å². The molecule has 1 saturated heterocycles. The van der Waals surface area contributed by atoms with Crippen molar-refractivity contribution in [2.24, 2.45) is 5.73 Å². The first-order valence-electron chi connectivity index (χ1n) is 9.19. The van der Waals surface area contributed by atoms with Crippen molar-refractivity contribution in [3.8, 4) is 0 Å². The largest absolute Gasteiger partial charge is 0.368 e. The molecular weight excluding hydrogens is 376 g/mol. The van der Waals surface area contributed by atoms with Gasteiger partial charge in [-0.1, -0.05) is 11.6 Å². The van der Waals surface area contributed by atoms with E-state index in [1.807, 2.05) is 41.4 Å². The number of benzene rings is 2. The van der Waals surface area contributed by atoms with Crippen LogP contribution in [0.25, 0.3) is 10.9 Å². The normalized spacial score (nSPS) is 14.5. The molecular formula is C21H21ClN4O2. The SMILES string of the molecule is NC(=O)c1ccc(N2CCN(C(=O)Cc3c[nH]c4ccc(Cl)cc34)CC2)cc1. The highest BCUT2D eigenvalue weighted by atomic mass is 35.5. The molecule has 4 rings (SSSR count). The summed E-state index contributed by atoms with van der Waals surface area (Å²) in [7, 11) is 0. The second kappa shape index (κ2) is 7.56. The van der Waals surface area contributed by atoms with Crippen molar-refractivity contribution in [2.75, 3.05) is 31.1 Å². The lowest BCUT2D eigenvalue weighted by Crippen LogP contribution is -2.49. The van der Waals surface area contributed by atoms with Gasteiger partial charge in [0.15, 0.2) is 0 Å². The highest BCUT2D eigenvalue weighted by Crippen LogP contribution is 2.24. The van der Waals surface area contributed by atoms with Crippen molar-refractivity contribution in [1.29, 1.82) is 0 Å². The number of hydrogen-bond acceptors (Lipinski definition) is 3. The van der Waals surface area contributed by atoms with Crippen molar-refractivity contribution in [2.45, 2.75) is 6.42 Å². The van der Waals surface area contributed by atoms with Gasteiger partial charge in [-0.3, -0.25) is 9.59 Å². The van der Waals surface area contributed by atoms with Crippen molar-refractivity contribution >= 4 is 40.0 Å². The molecule has 0 unspecified atom stereocenters. The third-order valence-corrected chi connectivity index (χ3v) is 5.46. The molecule has 2 amide bonds. The predicted octanol–water partition coefficient (Wildman–Crippen LogP) is 2.81. The fourth-order valence-corrected chi connectivity index (χ4v) is 3.79. The zero-order chi connectivity index (χ0) is 19.7. The molecule has 0 spiro atoms. The molecule has 144 valence electrons. The van der Waals surface area contributed by atoms with Gasteiger partial charge in [0.25, 0.3) is 0 Å². The first-order chi connectivity index (χ1) is 13.5. The van der Waals surface area contributed by atoms with Crippen LogP contribution in [-0.2, 0) is 11.2 Å². The van der Waals surface area contributed by atoms with Crippen molar-refractivity contribution in [3.05, 3.63) is 64.8 Å². The first-order valence-corrected chi connectivity index (χ1v) is 9.57. The number of nitrogens with zero attached hydrogens (tertiary/aromatic N) is 2. The number of carbonyl (C=O) groups is 2. The van der Waals surface area contributed by atoms with Crippen molar-refractivity contribution < 1.29 is 9.59 Å². The average Bonchev–Trinajstić information content (AvgIpc) is 3.10. The third-order valence-electron chi connectivity index (χ3n) is 5.22. The van der Waals surface area contributed by atoms with Crippen molar-refractivity contribution in [1.82, 2.24) is 9.88 Å². The Morgan fingerprint density at radius 1 is 1.04 bits per heavy atom. The first kappa shape index (κ1) is 18.4. The number of nitrogens with two attached hydrogens (primary N) is 1. The van der Waals surface area contributed by atoms with E-state index >= 15 is 0 Å². The molecule has 1 aromatic heterocycles. The maximum absolute atomic E-state index is 12.8. The van der Waals surface area contributed by atoms with Gasteiger partial charge in [-0.2, -0.15) is 0 Å². The number of piperazine rings is 1. The Bertz CT molecular complexity index is 1020. The lowest BCUT2D eigenvalue weighted by Gasteiger charge is -2.36. The maximum atomic E-state index is 12.8. The number of aromatic amines is 1. The van der Waals surface area contributed by atoms with E-state index in [1.54, 1.807) is 12.1 Å². The molecule has 6 nitrogen and oxygen atoms in total. The number of fused-ring (bicyclic) bond motifs is 1. The van der Waals surface area contributed by atoms with E-state index in [9.17, 15) is 9.59 Å². The molecule has 2 aromatic carbocycles. The van der Waals surface area contributed by atoms with Crippen molar-refractivity contribution in [3.63, 3.8) is 0 Å². The van der Waals surface area contributed by atoms with Crippen LogP contribution in [-0.4, -0.2) is 47.9 Å². The molecule has 0 bridgehead atoms. The Morgan fingerprint density at radius 3 is 2.43 bits per heavy atom. The third kappa shape index (κ3) is 3.68. The summed E-state index contributed by atoms with van der Waals surface area (Å²) in [6.45, 7) is 2.84. The minimum atomic E-state index is -0.430. The molecule has 1 aliphatic heterocycles. The Kier molecular flexibility index (Phi) is 4.96. The van der Waals surface area contributed by atoms with Crippen LogP contribution in [0.15, 0.2) is 48.7 Å². The van der Waals surface area contributed by atoms with Gasteiger partial charge in [0, 0.05) is 59.6 Å². The number of carbonyl (C=O) groups excluding carboxylic acids is 2. The minimum Gasteiger partial charge on any atom is -0.368 e. The summed E-state index contributed by atoms with van der Waals surface area (Å²) in [6, 6.07) is 12.9. The molecule has 1 fully saturated rings. The van der Waals surface area contributed by atoms with Gasteiger partial charge in [-0.15, -0.1) is 0 Å². The van der Waals surface area contributed by atoms with E-state index in [2.05, 4.69) is 9.88 Å². The summed E-state index contributed by atoms with van der Waals surface area (Å²) >= 11 is 6.09. The lowest BCUT2D eigenvalue weighted by atomic mass is 10.1. The number of anilines is 1. The molecule has 0 aliphatic carbocycles. The van der Waals surface area contributed by atoms with E-state index in [4.69, 9.17) is 17.3 Å². The Labute approximate surface area is 167 Å². The van der Waals surface area contributed by atoms with Crippen LogP contribution in [0.5, 0.6) is 0 Å². The Morgan fingerprint density at radius 2 is 1.75 bits per heavy atom. The number of aromatic nitrogens is 1. The molecule has 3 aromatic rings. The maximum Gasteiger partial charge on any atom is 0.248 e. The smallest absolute Gasteiger partial charge is 0.248 e. The number of halogens is 1. The topological polar surface area (TPSA) is 82.4 Å². The summed E-state index contributed by atoms with van der Waals surface area (Å²) in [5, 5.41) is 1.66. The lowest BCUT2D eigenvalue weighted by molar-refractivity contribution is -0.130. The van der Waals surface area contributed by atoms with Crippen LogP contribution in [0.1, 0.15) is 15.9 Å². The number of H-pyrrole nitrogens is 1. The van der Waals surface area contributed by atoms with E-state index in [0.717, 1.165) is 35.2 Å². The van der Waals surface area contributed by atoms with Crippen LogP contribution in [0.2, 0.25) is 5.02 Å². The average molecular weight is 397 g/mol. The molecule has 2 heterocycles. The molecule has 3 N–H and O–H groups in total. The second-order valence-corrected chi connectivity index (χ2v) is 7.40.